The molecule has 0 atom stereocenters. The quantitative estimate of drug-likeness (QED) is 0.776. The van der Waals surface area contributed by atoms with Crippen LogP contribution >= 0.6 is 0 Å². The molecule has 3 heteroatoms. The van der Waals surface area contributed by atoms with Crippen molar-refractivity contribution in [1.29, 1.82) is 0 Å². The van der Waals surface area contributed by atoms with Crippen LogP contribution < -0.4 is 5.32 Å². The summed E-state index contributed by atoms with van der Waals surface area (Å²) in [5, 5.41) is 4.66. The lowest BCUT2D eigenvalue weighted by molar-refractivity contribution is -0.133. The lowest BCUT2D eigenvalue weighted by Gasteiger charge is -2.21. The van der Waals surface area contributed by atoms with Crippen LogP contribution in [0.1, 0.15) is 24.3 Å². The summed E-state index contributed by atoms with van der Waals surface area (Å²) in [6.45, 7) is 0. The number of carbonyl (C=O) groups is 2. The van der Waals surface area contributed by atoms with Gasteiger partial charge in [0.15, 0.2) is 0 Å². The highest BCUT2D eigenvalue weighted by atomic mass is 16.2. The van der Waals surface area contributed by atoms with E-state index in [1.165, 1.54) is 5.39 Å². The SMILES string of the molecule is O=C1CC(c2ccc3ccccc3c2)CC(=O)N1. The Bertz CT molecular complexity index is 617. The Morgan fingerprint density at radius 2 is 1.56 bits per heavy atom. The van der Waals surface area contributed by atoms with Gasteiger partial charge in [-0.3, -0.25) is 14.9 Å². The Labute approximate surface area is 105 Å². The summed E-state index contributed by atoms with van der Waals surface area (Å²) >= 11 is 0. The summed E-state index contributed by atoms with van der Waals surface area (Å²) in [7, 11) is 0. The standard InChI is InChI=1S/C15H13NO2/c17-14-8-13(9-15(18)16-14)12-6-5-10-3-1-2-4-11(10)7-12/h1-7,13H,8-9H2,(H,16,17,18). The van der Waals surface area contributed by atoms with Gasteiger partial charge in [-0.05, 0) is 16.3 Å². The number of carbonyl (C=O) groups excluding carboxylic acids is 2. The first-order valence-electron chi connectivity index (χ1n) is 6.04. The van der Waals surface area contributed by atoms with Crippen molar-refractivity contribution in [3.63, 3.8) is 0 Å². The number of nitrogens with one attached hydrogen (secondary N) is 1. The van der Waals surface area contributed by atoms with Gasteiger partial charge in [0.25, 0.3) is 0 Å². The molecule has 3 rings (SSSR count). The van der Waals surface area contributed by atoms with E-state index in [0.29, 0.717) is 12.8 Å². The molecule has 1 saturated heterocycles. The second-order valence-corrected chi connectivity index (χ2v) is 4.68. The maximum atomic E-state index is 11.4. The number of hydrogen-bond donors (Lipinski definition) is 1. The van der Waals surface area contributed by atoms with Crippen LogP contribution in [0.4, 0.5) is 0 Å². The third kappa shape index (κ3) is 1.99. The van der Waals surface area contributed by atoms with Gasteiger partial charge in [0, 0.05) is 18.8 Å². The summed E-state index contributed by atoms with van der Waals surface area (Å²) < 4.78 is 0. The predicted octanol–water partition coefficient (Wildman–Crippen LogP) is 2.36. The highest BCUT2D eigenvalue weighted by Crippen LogP contribution is 2.28. The van der Waals surface area contributed by atoms with Gasteiger partial charge < -0.3 is 0 Å². The van der Waals surface area contributed by atoms with E-state index in [-0.39, 0.29) is 17.7 Å². The Hall–Kier alpha value is -2.16. The zero-order valence-electron chi connectivity index (χ0n) is 9.85. The maximum absolute atomic E-state index is 11.4. The van der Waals surface area contributed by atoms with Crippen LogP contribution in [-0.2, 0) is 9.59 Å². The molecule has 90 valence electrons. The van der Waals surface area contributed by atoms with E-state index in [4.69, 9.17) is 0 Å². The Morgan fingerprint density at radius 3 is 2.28 bits per heavy atom. The lowest BCUT2D eigenvalue weighted by Crippen LogP contribution is -2.37. The summed E-state index contributed by atoms with van der Waals surface area (Å²) in [6.07, 6.45) is 0.786. The van der Waals surface area contributed by atoms with Gasteiger partial charge in [-0.15, -0.1) is 0 Å². The average Bonchev–Trinajstić information content (AvgIpc) is 2.37. The number of fused-ring (bicyclic) bond motifs is 1. The van der Waals surface area contributed by atoms with E-state index in [2.05, 4.69) is 17.4 Å². The van der Waals surface area contributed by atoms with Crippen LogP contribution in [-0.4, -0.2) is 11.8 Å². The molecule has 0 aromatic heterocycles. The van der Waals surface area contributed by atoms with Crippen LogP contribution in [0.25, 0.3) is 10.8 Å². The maximum Gasteiger partial charge on any atom is 0.227 e. The number of hydrogen-bond acceptors (Lipinski definition) is 2. The van der Waals surface area contributed by atoms with Gasteiger partial charge in [0.05, 0.1) is 0 Å². The fourth-order valence-electron chi connectivity index (χ4n) is 2.47. The van der Waals surface area contributed by atoms with Crippen LogP contribution in [0.15, 0.2) is 42.5 Å². The Morgan fingerprint density at radius 1 is 0.889 bits per heavy atom. The molecule has 1 aliphatic heterocycles. The minimum Gasteiger partial charge on any atom is -0.296 e. The number of amides is 2. The van der Waals surface area contributed by atoms with E-state index in [1.54, 1.807) is 0 Å². The summed E-state index contributed by atoms with van der Waals surface area (Å²) in [4.78, 5) is 22.8. The molecule has 3 nitrogen and oxygen atoms in total. The van der Waals surface area contributed by atoms with Gasteiger partial charge in [-0.25, -0.2) is 0 Å². The molecule has 0 radical (unpaired) electrons. The average molecular weight is 239 g/mol. The molecule has 2 aromatic carbocycles. The van der Waals surface area contributed by atoms with Crippen LogP contribution in [0, 0.1) is 0 Å². The molecule has 18 heavy (non-hydrogen) atoms. The lowest BCUT2D eigenvalue weighted by atomic mass is 9.88. The fraction of sp³-hybridized carbons (Fsp3) is 0.200. The van der Waals surface area contributed by atoms with Crippen LogP contribution in [0.3, 0.4) is 0 Å². The van der Waals surface area contributed by atoms with Gasteiger partial charge in [0.2, 0.25) is 11.8 Å². The summed E-state index contributed by atoms with van der Waals surface area (Å²) in [6, 6.07) is 14.2. The van der Waals surface area contributed by atoms with E-state index in [0.717, 1.165) is 10.9 Å². The second kappa shape index (κ2) is 4.26. The highest BCUT2D eigenvalue weighted by molar-refractivity contribution is 5.98. The molecule has 2 amide bonds. The van der Waals surface area contributed by atoms with Crippen molar-refractivity contribution in [2.75, 3.05) is 0 Å². The van der Waals surface area contributed by atoms with Crippen molar-refractivity contribution in [3.05, 3.63) is 48.0 Å². The molecule has 0 spiro atoms. The third-order valence-electron chi connectivity index (χ3n) is 3.39. The molecule has 1 fully saturated rings. The minimum atomic E-state index is -0.176. The van der Waals surface area contributed by atoms with Gasteiger partial charge in [0.1, 0.15) is 0 Å². The predicted molar refractivity (Wildman–Crippen MR) is 69.1 cm³/mol. The highest BCUT2D eigenvalue weighted by Gasteiger charge is 2.25. The van der Waals surface area contributed by atoms with E-state index < -0.39 is 0 Å². The molecular weight excluding hydrogens is 226 g/mol. The zero-order valence-corrected chi connectivity index (χ0v) is 9.85. The first kappa shape index (κ1) is 11.0. The second-order valence-electron chi connectivity index (χ2n) is 4.68. The third-order valence-corrected chi connectivity index (χ3v) is 3.39. The minimum absolute atomic E-state index is 0.0101. The van der Waals surface area contributed by atoms with Crippen LogP contribution in [0.2, 0.25) is 0 Å². The topological polar surface area (TPSA) is 46.2 Å². The number of imide groups is 1. The number of piperidine rings is 1. The summed E-state index contributed by atoms with van der Waals surface area (Å²) in [5.41, 5.74) is 1.07. The van der Waals surface area contributed by atoms with Crippen molar-refractivity contribution in [2.45, 2.75) is 18.8 Å². The van der Waals surface area contributed by atoms with Crippen molar-refractivity contribution in [3.8, 4) is 0 Å². The number of rotatable bonds is 1. The monoisotopic (exact) mass is 239 g/mol. The van der Waals surface area contributed by atoms with Gasteiger partial charge in [-0.1, -0.05) is 42.5 Å². The van der Waals surface area contributed by atoms with E-state index in [9.17, 15) is 9.59 Å². The van der Waals surface area contributed by atoms with E-state index in [1.807, 2.05) is 30.3 Å². The first-order chi connectivity index (χ1) is 8.72. The normalized spacial score (nSPS) is 16.9. The zero-order chi connectivity index (χ0) is 12.5. The molecular formula is C15H13NO2. The van der Waals surface area contributed by atoms with Crippen molar-refractivity contribution < 1.29 is 9.59 Å². The molecule has 0 aliphatic carbocycles. The largest absolute Gasteiger partial charge is 0.296 e. The van der Waals surface area contributed by atoms with Gasteiger partial charge in [-0.2, -0.15) is 0 Å². The fourth-order valence-corrected chi connectivity index (χ4v) is 2.47. The van der Waals surface area contributed by atoms with Crippen LogP contribution in [0.5, 0.6) is 0 Å². The first-order valence-corrected chi connectivity index (χ1v) is 6.04. The molecule has 1 N–H and O–H groups in total. The van der Waals surface area contributed by atoms with Gasteiger partial charge >= 0.3 is 0 Å². The number of benzene rings is 2. The van der Waals surface area contributed by atoms with E-state index >= 15 is 0 Å². The molecule has 2 aromatic rings. The molecule has 1 heterocycles. The van der Waals surface area contributed by atoms with Crippen molar-refractivity contribution in [2.24, 2.45) is 0 Å². The molecule has 1 aliphatic rings. The van der Waals surface area contributed by atoms with Crippen molar-refractivity contribution in [1.82, 2.24) is 5.32 Å². The molecule has 0 bridgehead atoms. The Kier molecular flexibility index (Phi) is 2.59. The molecule has 0 unspecified atom stereocenters. The van der Waals surface area contributed by atoms with Crippen molar-refractivity contribution >= 4 is 22.6 Å². The smallest absolute Gasteiger partial charge is 0.227 e. The summed E-state index contributed by atoms with van der Waals surface area (Å²) in [5.74, 6) is -0.343. The molecule has 0 saturated carbocycles. The Balaban J connectivity index is 1.98.